The highest BCUT2D eigenvalue weighted by Crippen LogP contribution is 2.14. The summed E-state index contributed by atoms with van der Waals surface area (Å²) in [5.41, 5.74) is 3.66. The van der Waals surface area contributed by atoms with Crippen LogP contribution in [0.15, 0.2) is 47.6 Å². The van der Waals surface area contributed by atoms with Crippen LogP contribution in [0, 0.1) is 6.92 Å². The molecule has 0 saturated carbocycles. The topological polar surface area (TPSA) is 49.3 Å². The molecule has 0 aliphatic heterocycles. The van der Waals surface area contributed by atoms with Gasteiger partial charge in [0.2, 0.25) is 0 Å². The van der Waals surface area contributed by atoms with E-state index in [1.54, 1.807) is 19.3 Å². The lowest BCUT2D eigenvalue weighted by Crippen LogP contribution is -2.38. The molecule has 122 valence electrons. The fourth-order valence-electron chi connectivity index (χ4n) is 2.18. The minimum atomic E-state index is 0.409. The second kappa shape index (κ2) is 8.53. The summed E-state index contributed by atoms with van der Waals surface area (Å²) >= 11 is 5.79. The van der Waals surface area contributed by atoms with Crippen LogP contribution in [0.4, 0.5) is 0 Å². The van der Waals surface area contributed by atoms with Gasteiger partial charge in [0.1, 0.15) is 5.15 Å². The lowest BCUT2D eigenvalue weighted by atomic mass is 10.0. The molecule has 0 amide bonds. The number of rotatable bonds is 5. The monoisotopic (exact) mass is 330 g/mol. The van der Waals surface area contributed by atoms with E-state index in [1.807, 2.05) is 6.07 Å². The molecule has 5 heteroatoms. The third-order valence-electron chi connectivity index (χ3n) is 3.69. The fourth-order valence-corrected chi connectivity index (χ4v) is 2.29. The molecule has 2 rings (SSSR count). The first-order chi connectivity index (χ1) is 11.1. The van der Waals surface area contributed by atoms with Gasteiger partial charge in [0, 0.05) is 26.3 Å². The molecule has 1 aromatic heterocycles. The minimum Gasteiger partial charge on any atom is -0.356 e. The number of aromatic nitrogens is 1. The van der Waals surface area contributed by atoms with Crippen molar-refractivity contribution in [1.29, 1.82) is 0 Å². The third-order valence-corrected chi connectivity index (χ3v) is 3.92. The van der Waals surface area contributed by atoms with Crippen molar-refractivity contribution >= 4 is 17.6 Å². The maximum Gasteiger partial charge on any atom is 0.191 e. The molecule has 0 fully saturated rings. The molecule has 2 N–H and O–H groups in total. The van der Waals surface area contributed by atoms with Gasteiger partial charge in [-0.2, -0.15) is 0 Å². The second-order valence-electron chi connectivity index (χ2n) is 5.61. The van der Waals surface area contributed by atoms with E-state index >= 15 is 0 Å². The van der Waals surface area contributed by atoms with Gasteiger partial charge in [-0.15, -0.1) is 0 Å². The largest absolute Gasteiger partial charge is 0.356 e. The Morgan fingerprint density at radius 3 is 2.52 bits per heavy atom. The molecule has 0 radical (unpaired) electrons. The predicted octanol–water partition coefficient (Wildman–Crippen LogP) is 3.51. The SMILES string of the molecule is CN=C(NCc1ccc(Cl)nc1)NCC(C)c1ccc(C)cc1. The molecule has 23 heavy (non-hydrogen) atoms. The summed E-state index contributed by atoms with van der Waals surface area (Å²) in [4.78, 5) is 8.32. The van der Waals surface area contributed by atoms with E-state index in [-0.39, 0.29) is 0 Å². The minimum absolute atomic E-state index is 0.409. The van der Waals surface area contributed by atoms with Crippen LogP contribution in [0.2, 0.25) is 5.15 Å². The molecule has 0 aliphatic rings. The molecule has 0 saturated heterocycles. The second-order valence-corrected chi connectivity index (χ2v) is 5.99. The van der Waals surface area contributed by atoms with Crippen LogP contribution in [-0.2, 0) is 6.54 Å². The normalized spacial score (nSPS) is 12.8. The lowest BCUT2D eigenvalue weighted by molar-refractivity contribution is 0.698. The summed E-state index contributed by atoms with van der Waals surface area (Å²) in [7, 11) is 1.77. The number of halogens is 1. The van der Waals surface area contributed by atoms with Gasteiger partial charge in [0.15, 0.2) is 5.96 Å². The summed E-state index contributed by atoms with van der Waals surface area (Å²) in [6.45, 7) is 5.78. The molecule has 1 heterocycles. The average Bonchev–Trinajstić information content (AvgIpc) is 2.57. The Morgan fingerprint density at radius 2 is 1.91 bits per heavy atom. The summed E-state index contributed by atoms with van der Waals surface area (Å²) < 4.78 is 0. The number of nitrogens with one attached hydrogen (secondary N) is 2. The highest BCUT2D eigenvalue weighted by atomic mass is 35.5. The van der Waals surface area contributed by atoms with E-state index in [0.29, 0.717) is 17.6 Å². The van der Waals surface area contributed by atoms with Gasteiger partial charge in [-0.3, -0.25) is 4.99 Å². The van der Waals surface area contributed by atoms with Crippen LogP contribution in [0.1, 0.15) is 29.5 Å². The van der Waals surface area contributed by atoms with E-state index in [9.17, 15) is 0 Å². The van der Waals surface area contributed by atoms with Gasteiger partial charge in [-0.25, -0.2) is 4.98 Å². The first-order valence-electron chi connectivity index (χ1n) is 7.70. The van der Waals surface area contributed by atoms with Crippen molar-refractivity contribution in [3.8, 4) is 0 Å². The van der Waals surface area contributed by atoms with E-state index < -0.39 is 0 Å². The zero-order valence-corrected chi connectivity index (χ0v) is 14.6. The molecule has 1 unspecified atom stereocenters. The van der Waals surface area contributed by atoms with Crippen LogP contribution in [0.25, 0.3) is 0 Å². The Labute approximate surface area is 143 Å². The van der Waals surface area contributed by atoms with Crippen LogP contribution in [0.3, 0.4) is 0 Å². The molecule has 2 aromatic rings. The van der Waals surface area contributed by atoms with E-state index in [2.05, 4.69) is 58.7 Å². The first kappa shape index (κ1) is 17.3. The zero-order chi connectivity index (χ0) is 16.7. The molecule has 0 aliphatic carbocycles. The molecule has 1 atom stereocenters. The number of guanidine groups is 1. The van der Waals surface area contributed by atoms with Crippen molar-refractivity contribution in [3.63, 3.8) is 0 Å². The van der Waals surface area contributed by atoms with E-state index in [1.165, 1.54) is 11.1 Å². The molecule has 1 aromatic carbocycles. The lowest BCUT2D eigenvalue weighted by Gasteiger charge is -2.16. The van der Waals surface area contributed by atoms with Crippen molar-refractivity contribution in [2.45, 2.75) is 26.3 Å². The zero-order valence-electron chi connectivity index (χ0n) is 13.8. The summed E-state index contributed by atoms with van der Waals surface area (Å²) in [6.07, 6.45) is 1.76. The smallest absolute Gasteiger partial charge is 0.191 e. The molecule has 0 spiro atoms. The Balaban J connectivity index is 1.82. The van der Waals surface area contributed by atoms with Gasteiger partial charge >= 0.3 is 0 Å². The quantitative estimate of drug-likeness (QED) is 0.501. The van der Waals surface area contributed by atoms with E-state index in [4.69, 9.17) is 11.6 Å². The molecular formula is C18H23ClN4. The van der Waals surface area contributed by atoms with Gasteiger partial charge in [0.25, 0.3) is 0 Å². The number of aryl methyl sites for hydroxylation is 1. The molecular weight excluding hydrogens is 308 g/mol. The van der Waals surface area contributed by atoms with Crippen LogP contribution in [0.5, 0.6) is 0 Å². The highest BCUT2D eigenvalue weighted by Gasteiger charge is 2.06. The van der Waals surface area contributed by atoms with Crippen molar-refractivity contribution in [2.24, 2.45) is 4.99 Å². The number of hydrogen-bond acceptors (Lipinski definition) is 2. The third kappa shape index (κ3) is 5.57. The van der Waals surface area contributed by atoms with E-state index in [0.717, 1.165) is 18.1 Å². The number of aliphatic imine (C=N–C) groups is 1. The van der Waals surface area contributed by atoms with Crippen LogP contribution < -0.4 is 10.6 Å². The summed E-state index contributed by atoms with van der Waals surface area (Å²) in [6, 6.07) is 12.4. The van der Waals surface area contributed by atoms with Crippen molar-refractivity contribution in [3.05, 3.63) is 64.4 Å². The Kier molecular flexibility index (Phi) is 6.41. The Morgan fingerprint density at radius 1 is 1.17 bits per heavy atom. The molecule has 0 bridgehead atoms. The Hall–Kier alpha value is -2.07. The molecule has 4 nitrogen and oxygen atoms in total. The number of benzene rings is 1. The fraction of sp³-hybridized carbons (Fsp3) is 0.333. The summed E-state index contributed by atoms with van der Waals surface area (Å²) in [5, 5.41) is 7.14. The number of hydrogen-bond donors (Lipinski definition) is 2. The van der Waals surface area contributed by atoms with Crippen LogP contribution in [-0.4, -0.2) is 24.5 Å². The standard InChI is InChI=1S/C18H23ClN4/c1-13-4-7-16(8-5-13)14(2)10-22-18(20-3)23-12-15-6-9-17(19)21-11-15/h4-9,11,14H,10,12H2,1-3H3,(H2,20,22,23). The maximum atomic E-state index is 5.79. The average molecular weight is 331 g/mol. The van der Waals surface area contributed by atoms with Gasteiger partial charge in [-0.05, 0) is 30.0 Å². The Bertz CT molecular complexity index is 635. The van der Waals surface area contributed by atoms with Gasteiger partial charge in [0.05, 0.1) is 0 Å². The van der Waals surface area contributed by atoms with Crippen molar-refractivity contribution < 1.29 is 0 Å². The highest BCUT2D eigenvalue weighted by molar-refractivity contribution is 6.29. The van der Waals surface area contributed by atoms with Crippen molar-refractivity contribution in [2.75, 3.05) is 13.6 Å². The summed E-state index contributed by atoms with van der Waals surface area (Å²) in [5.74, 6) is 1.19. The number of nitrogens with zero attached hydrogens (tertiary/aromatic N) is 2. The maximum absolute atomic E-state index is 5.79. The first-order valence-corrected chi connectivity index (χ1v) is 8.08. The van der Waals surface area contributed by atoms with Crippen molar-refractivity contribution in [1.82, 2.24) is 15.6 Å². The predicted molar refractivity (Wildman–Crippen MR) is 97.0 cm³/mol. The number of pyridine rings is 1. The van der Waals surface area contributed by atoms with Gasteiger partial charge < -0.3 is 10.6 Å². The van der Waals surface area contributed by atoms with Crippen LogP contribution >= 0.6 is 11.6 Å². The van der Waals surface area contributed by atoms with Gasteiger partial charge in [-0.1, -0.05) is 54.4 Å².